The fraction of sp³-hybridized carbons (Fsp3) is 0.450. The van der Waals surface area contributed by atoms with Gasteiger partial charge in [-0.3, -0.25) is 9.48 Å². The third-order valence-electron chi connectivity index (χ3n) is 5.45. The summed E-state index contributed by atoms with van der Waals surface area (Å²) in [6.45, 7) is 6.30. The number of carbonyl (C=O) groups is 2. The van der Waals surface area contributed by atoms with Gasteiger partial charge < -0.3 is 10.0 Å². The molecule has 2 heterocycles. The molecule has 0 bridgehead atoms. The van der Waals surface area contributed by atoms with Crippen molar-refractivity contribution in [3.63, 3.8) is 0 Å². The number of rotatable bonds is 4. The van der Waals surface area contributed by atoms with E-state index in [9.17, 15) is 19.1 Å². The van der Waals surface area contributed by atoms with Crippen LogP contribution >= 0.6 is 0 Å². The first kappa shape index (κ1) is 19.1. The average Bonchev–Trinajstić information content (AvgIpc) is 3.03. The second-order valence-electron chi connectivity index (χ2n) is 7.52. The Bertz CT molecular complexity index is 867. The lowest BCUT2D eigenvalue weighted by molar-refractivity contribution is -0.137. The third kappa shape index (κ3) is 3.46. The van der Waals surface area contributed by atoms with Gasteiger partial charge in [-0.1, -0.05) is 18.2 Å². The van der Waals surface area contributed by atoms with E-state index in [1.165, 1.54) is 12.3 Å². The number of nitrogens with zero attached hydrogens (tertiary/aromatic N) is 3. The van der Waals surface area contributed by atoms with Gasteiger partial charge in [-0.25, -0.2) is 9.18 Å². The predicted molar refractivity (Wildman–Crippen MR) is 98.2 cm³/mol. The lowest BCUT2D eigenvalue weighted by Crippen LogP contribution is -2.47. The fourth-order valence-electron chi connectivity index (χ4n) is 3.79. The highest BCUT2D eigenvalue weighted by Gasteiger charge is 2.37. The van der Waals surface area contributed by atoms with Gasteiger partial charge in [-0.05, 0) is 39.7 Å². The van der Waals surface area contributed by atoms with E-state index < -0.39 is 11.4 Å². The van der Waals surface area contributed by atoms with Gasteiger partial charge >= 0.3 is 5.97 Å². The topological polar surface area (TPSA) is 75.4 Å². The maximum absolute atomic E-state index is 14.2. The number of halogens is 1. The van der Waals surface area contributed by atoms with Crippen LogP contribution in [0.3, 0.4) is 0 Å². The monoisotopic (exact) mass is 373 g/mol. The van der Waals surface area contributed by atoms with E-state index >= 15 is 0 Å². The van der Waals surface area contributed by atoms with Crippen LogP contribution < -0.4 is 0 Å². The number of benzene rings is 1. The molecule has 0 spiro atoms. The molecule has 1 fully saturated rings. The van der Waals surface area contributed by atoms with Crippen LogP contribution in [0.1, 0.15) is 54.3 Å². The number of piperidine rings is 1. The molecule has 1 aliphatic rings. The van der Waals surface area contributed by atoms with Gasteiger partial charge in [0.15, 0.2) is 0 Å². The largest absolute Gasteiger partial charge is 0.478 e. The minimum Gasteiger partial charge on any atom is -0.478 e. The van der Waals surface area contributed by atoms with Crippen LogP contribution in [0.25, 0.3) is 0 Å². The number of carbonyl (C=O) groups excluding carboxylic acids is 1. The molecule has 6 nitrogen and oxygen atoms in total. The molecule has 1 N–H and O–H groups in total. The molecule has 1 saturated heterocycles. The summed E-state index contributed by atoms with van der Waals surface area (Å²) in [5.74, 6) is -1.47. The Labute approximate surface area is 157 Å². The van der Waals surface area contributed by atoms with E-state index in [0.29, 0.717) is 37.2 Å². The van der Waals surface area contributed by atoms with Crippen LogP contribution in [0.2, 0.25) is 0 Å². The molecule has 1 aliphatic heterocycles. The highest BCUT2D eigenvalue weighted by Crippen LogP contribution is 2.31. The molecule has 0 saturated carbocycles. The Morgan fingerprint density at radius 3 is 2.41 bits per heavy atom. The van der Waals surface area contributed by atoms with Crippen LogP contribution in [-0.2, 0) is 10.2 Å². The van der Waals surface area contributed by atoms with Crippen LogP contribution in [-0.4, -0.2) is 44.8 Å². The van der Waals surface area contributed by atoms with Gasteiger partial charge in [0.2, 0.25) is 5.91 Å². The molecule has 3 rings (SSSR count). The van der Waals surface area contributed by atoms with Crippen molar-refractivity contribution in [1.82, 2.24) is 14.7 Å². The van der Waals surface area contributed by atoms with Crippen molar-refractivity contribution in [2.75, 3.05) is 13.1 Å². The summed E-state index contributed by atoms with van der Waals surface area (Å²) in [6.07, 6.45) is 2.73. The molecule has 144 valence electrons. The lowest BCUT2D eigenvalue weighted by atomic mass is 9.82. The van der Waals surface area contributed by atoms with Crippen molar-refractivity contribution >= 4 is 11.9 Å². The maximum atomic E-state index is 14.2. The molecular weight excluding hydrogens is 349 g/mol. The number of hydrogen-bond acceptors (Lipinski definition) is 3. The maximum Gasteiger partial charge on any atom is 0.339 e. The number of aromatic nitrogens is 2. The minimum absolute atomic E-state index is 0.0544. The van der Waals surface area contributed by atoms with Crippen LogP contribution in [0.5, 0.6) is 0 Å². The predicted octanol–water partition coefficient (Wildman–Crippen LogP) is 3.17. The molecule has 0 aliphatic carbocycles. The average molecular weight is 373 g/mol. The van der Waals surface area contributed by atoms with E-state index in [-0.39, 0.29) is 23.3 Å². The van der Waals surface area contributed by atoms with E-state index in [0.717, 1.165) is 0 Å². The molecule has 1 aromatic carbocycles. The van der Waals surface area contributed by atoms with Gasteiger partial charge in [0, 0.05) is 18.7 Å². The summed E-state index contributed by atoms with van der Waals surface area (Å²) in [5, 5.41) is 13.4. The molecule has 1 aromatic heterocycles. The Kier molecular flexibility index (Phi) is 5.04. The Morgan fingerprint density at radius 1 is 1.22 bits per heavy atom. The molecule has 2 aromatic rings. The summed E-state index contributed by atoms with van der Waals surface area (Å²) in [4.78, 5) is 26.0. The van der Waals surface area contributed by atoms with Crippen LogP contribution in [0.4, 0.5) is 4.39 Å². The smallest absolute Gasteiger partial charge is 0.339 e. The van der Waals surface area contributed by atoms with Crippen molar-refractivity contribution in [3.8, 4) is 0 Å². The summed E-state index contributed by atoms with van der Waals surface area (Å²) >= 11 is 0. The highest BCUT2D eigenvalue weighted by molar-refractivity contribution is 5.88. The lowest BCUT2D eigenvalue weighted by Gasteiger charge is -2.37. The summed E-state index contributed by atoms with van der Waals surface area (Å²) in [6, 6.07) is 6.43. The molecular formula is C20H24FN3O3. The summed E-state index contributed by atoms with van der Waals surface area (Å²) in [7, 11) is 0. The zero-order chi connectivity index (χ0) is 19.8. The summed E-state index contributed by atoms with van der Waals surface area (Å²) < 4.78 is 15.9. The molecule has 27 heavy (non-hydrogen) atoms. The van der Waals surface area contributed by atoms with Gasteiger partial charge in [-0.2, -0.15) is 5.10 Å². The van der Waals surface area contributed by atoms with Crippen molar-refractivity contribution < 1.29 is 19.1 Å². The van der Waals surface area contributed by atoms with Gasteiger partial charge in [0.25, 0.3) is 0 Å². The first-order valence-corrected chi connectivity index (χ1v) is 9.05. The zero-order valence-electron chi connectivity index (χ0n) is 15.8. The fourth-order valence-corrected chi connectivity index (χ4v) is 3.79. The van der Waals surface area contributed by atoms with Gasteiger partial charge in [-0.15, -0.1) is 0 Å². The quantitative estimate of drug-likeness (QED) is 0.893. The Morgan fingerprint density at radius 2 is 1.85 bits per heavy atom. The van der Waals surface area contributed by atoms with Crippen molar-refractivity contribution in [3.05, 3.63) is 53.1 Å². The van der Waals surface area contributed by atoms with Crippen molar-refractivity contribution in [1.29, 1.82) is 0 Å². The number of hydrogen-bond donors (Lipinski definition) is 1. The number of carboxylic acids is 1. The molecule has 0 radical (unpaired) electrons. The van der Waals surface area contributed by atoms with Crippen LogP contribution in [0, 0.1) is 12.7 Å². The Balaban J connectivity index is 1.71. The second kappa shape index (κ2) is 7.13. The van der Waals surface area contributed by atoms with Gasteiger partial charge in [0.05, 0.1) is 23.3 Å². The normalized spacial score (nSPS) is 15.8. The minimum atomic E-state index is -0.988. The van der Waals surface area contributed by atoms with Crippen LogP contribution in [0.15, 0.2) is 30.5 Å². The summed E-state index contributed by atoms with van der Waals surface area (Å²) in [5.41, 5.74) is 0.273. The van der Waals surface area contributed by atoms with E-state index in [1.807, 2.05) is 0 Å². The van der Waals surface area contributed by atoms with E-state index in [2.05, 4.69) is 5.10 Å². The van der Waals surface area contributed by atoms with Gasteiger partial charge in [0.1, 0.15) is 11.4 Å². The number of amides is 1. The zero-order valence-corrected chi connectivity index (χ0v) is 15.8. The first-order chi connectivity index (χ1) is 12.7. The van der Waals surface area contributed by atoms with Crippen molar-refractivity contribution in [2.45, 2.75) is 45.1 Å². The molecule has 0 unspecified atom stereocenters. The number of carboxylic acid groups (broad SMARTS) is 1. The van der Waals surface area contributed by atoms with E-state index in [1.54, 1.807) is 48.6 Å². The molecule has 7 heteroatoms. The van der Waals surface area contributed by atoms with Crippen molar-refractivity contribution in [2.24, 2.45) is 0 Å². The number of aromatic carboxylic acids is 1. The number of likely N-dealkylation sites (tertiary alicyclic amines) is 1. The van der Waals surface area contributed by atoms with E-state index in [4.69, 9.17) is 0 Å². The first-order valence-electron chi connectivity index (χ1n) is 9.05. The third-order valence-corrected chi connectivity index (χ3v) is 5.45. The molecule has 0 atom stereocenters. The second-order valence-corrected chi connectivity index (χ2v) is 7.52. The highest BCUT2D eigenvalue weighted by atomic mass is 19.1. The standard InChI is InChI=1S/C20H24FN3O3/c1-13-15(18(25)26)12-22-24(13)14-8-10-23(11-9-14)19(27)20(2,3)16-6-4-5-7-17(16)21/h4-7,12,14H,8-11H2,1-3H3,(H,25,26). The Hall–Kier alpha value is -2.70. The SMILES string of the molecule is Cc1c(C(=O)O)cnn1C1CCN(C(=O)C(C)(C)c2ccccc2F)CC1. The molecule has 1 amide bonds.